The van der Waals surface area contributed by atoms with Gasteiger partial charge in [-0.15, -0.1) is 13.2 Å². The Morgan fingerprint density at radius 2 is 0.813 bits per heavy atom. The van der Waals surface area contributed by atoms with Crippen molar-refractivity contribution in [2.75, 3.05) is 42.3 Å². The van der Waals surface area contributed by atoms with Crippen molar-refractivity contribution in [2.45, 2.75) is 72.6 Å². The lowest BCUT2D eigenvalue weighted by atomic mass is 9.91. The fraction of sp³-hybridized carbons (Fsp3) is 0.333. The van der Waals surface area contributed by atoms with E-state index in [2.05, 4.69) is 16.0 Å². The summed E-state index contributed by atoms with van der Waals surface area (Å²) < 4.78 is 80.9. The van der Waals surface area contributed by atoms with Gasteiger partial charge in [0.05, 0.1) is 0 Å². The van der Waals surface area contributed by atoms with E-state index in [9.17, 15) is 59.9 Å². The quantitative estimate of drug-likeness (QED) is 0.0572. The molecular weight excluding hydrogens is 1080 g/mol. The van der Waals surface area contributed by atoms with Gasteiger partial charge in [0.25, 0.3) is 23.6 Å². The fourth-order valence-electron chi connectivity index (χ4n) is 6.95. The highest BCUT2D eigenvalue weighted by atomic mass is 35.5. The topological polar surface area (TPSA) is 157 Å². The third-order valence-electron chi connectivity index (χ3n) is 11.2. The second-order valence-corrected chi connectivity index (χ2v) is 18.0. The smallest absolute Gasteiger partial charge is 0.359 e. The Hall–Kier alpha value is -6.19. The zero-order chi connectivity index (χ0) is 57.2. The Balaban J connectivity index is 0.000000464. The Labute approximate surface area is 449 Å². The summed E-state index contributed by atoms with van der Waals surface area (Å²) in [6, 6.07) is 13.2. The highest BCUT2D eigenvalue weighted by molar-refractivity contribution is 6.33. The van der Waals surface area contributed by atoms with Crippen LogP contribution in [0.2, 0.25) is 20.1 Å². The molecule has 6 amide bonds. The van der Waals surface area contributed by atoms with Crippen LogP contribution < -0.4 is 16.0 Å². The molecule has 0 aliphatic heterocycles. The summed E-state index contributed by atoms with van der Waals surface area (Å²) in [5.41, 5.74) is 6.47. The molecule has 0 aliphatic rings. The number of allylic oxidation sites excluding steroid dienone is 2. The number of nitrogens with one attached hydrogen (secondary N) is 3. The van der Waals surface area contributed by atoms with E-state index < -0.39 is 24.1 Å². The van der Waals surface area contributed by atoms with Gasteiger partial charge in [-0.1, -0.05) is 76.9 Å². The standard InChI is InChI=1S/C25H26Cl2F3N3O3.C25H29Cl2N3O3.CF4O/c1-14-19(24(35)32(4)29)10-16(12-21(14)26)18(8-6-7-9-23(34)31(3)28)17-11-20(25(36)33(5)30)15(2)22(27)13-17;1-14-19(24(32)29-4)10-16(12-21(14)26)18(8-6-7-9-23(31)28-3)17-11-20(25(33)30-5)15(2)22(27)13-17;2-1(3,4)6-5/h8,10-13H,6-7,9H2,1-5H3;8,10-13H,6-7,9H2,1-5H3,(H,28,31)(H,29,32)(H,30,33);. The molecule has 13 nitrogen and oxygen atoms in total. The number of nitrogens with zero attached hydrogens (tertiary/aromatic N) is 3. The molecule has 408 valence electrons. The van der Waals surface area contributed by atoms with Crippen LogP contribution in [-0.4, -0.2) is 99.5 Å². The number of carbonyl (C=O) groups is 6. The van der Waals surface area contributed by atoms with E-state index in [0.29, 0.717) is 96.9 Å². The Kier molecular flexibility index (Phi) is 25.8. The highest BCUT2D eigenvalue weighted by Crippen LogP contribution is 2.36. The summed E-state index contributed by atoms with van der Waals surface area (Å²) in [5, 5.41) is 9.04. The van der Waals surface area contributed by atoms with E-state index in [1.54, 1.807) is 91.3 Å². The molecule has 75 heavy (non-hydrogen) atoms. The van der Waals surface area contributed by atoms with Crippen LogP contribution >= 0.6 is 46.4 Å². The first-order valence-corrected chi connectivity index (χ1v) is 23.9. The third-order valence-corrected chi connectivity index (χ3v) is 12.8. The van der Waals surface area contributed by atoms with Gasteiger partial charge in [-0.3, -0.25) is 28.8 Å². The lowest BCUT2D eigenvalue weighted by Gasteiger charge is -2.17. The minimum absolute atomic E-state index is 0.000811. The van der Waals surface area contributed by atoms with Crippen molar-refractivity contribution in [2.24, 2.45) is 0 Å². The minimum atomic E-state index is -5.12. The molecule has 4 rings (SSSR count). The van der Waals surface area contributed by atoms with E-state index in [0.717, 1.165) is 26.7 Å². The second kappa shape index (κ2) is 29.8. The zero-order valence-electron chi connectivity index (χ0n) is 42.4. The van der Waals surface area contributed by atoms with Crippen LogP contribution in [0, 0.1) is 27.7 Å². The van der Waals surface area contributed by atoms with Gasteiger partial charge in [-0.05, 0) is 162 Å². The Morgan fingerprint density at radius 1 is 0.520 bits per heavy atom. The second-order valence-electron chi connectivity index (χ2n) is 16.3. The summed E-state index contributed by atoms with van der Waals surface area (Å²) >= 11 is 25.7. The number of rotatable bonds is 16. The number of benzene rings is 4. The van der Waals surface area contributed by atoms with Crippen molar-refractivity contribution < 1.29 is 64.8 Å². The minimum Gasteiger partial charge on any atom is -0.359 e. The van der Waals surface area contributed by atoms with E-state index in [4.69, 9.17) is 46.4 Å². The lowest BCUT2D eigenvalue weighted by molar-refractivity contribution is -0.416. The molecule has 0 bridgehead atoms. The first-order valence-electron chi connectivity index (χ1n) is 22.4. The highest BCUT2D eigenvalue weighted by Gasteiger charge is 2.30. The van der Waals surface area contributed by atoms with Gasteiger partial charge in [0.1, 0.15) is 0 Å². The molecular formula is C51H55Cl4F7N6O7. The van der Waals surface area contributed by atoms with Crippen molar-refractivity contribution >= 4 is 93.0 Å². The summed E-state index contributed by atoms with van der Waals surface area (Å²) in [7, 11) is 7.66. The van der Waals surface area contributed by atoms with Gasteiger partial charge in [-0.25, -0.2) is 0 Å². The predicted octanol–water partition coefficient (Wildman–Crippen LogP) is 12.6. The average molecular weight is 1140 g/mol. The van der Waals surface area contributed by atoms with Gasteiger partial charge in [0, 0.05) is 97.5 Å². The van der Waals surface area contributed by atoms with Crippen LogP contribution in [0.15, 0.2) is 60.7 Å². The van der Waals surface area contributed by atoms with E-state index in [1.807, 2.05) is 6.08 Å². The van der Waals surface area contributed by atoms with Crippen LogP contribution in [0.3, 0.4) is 0 Å². The van der Waals surface area contributed by atoms with Crippen molar-refractivity contribution in [3.05, 3.63) is 148 Å². The van der Waals surface area contributed by atoms with Gasteiger partial charge < -0.3 is 16.0 Å². The first-order chi connectivity index (χ1) is 35.0. The summed E-state index contributed by atoms with van der Waals surface area (Å²) in [5.74, 6) is -3.05. The molecule has 0 heterocycles. The number of hydrogen-bond donors (Lipinski definition) is 3. The molecule has 0 aromatic heterocycles. The maximum Gasteiger partial charge on any atom is 0.553 e. The molecule has 4 aromatic carbocycles. The largest absolute Gasteiger partial charge is 0.553 e. The van der Waals surface area contributed by atoms with Crippen LogP contribution in [-0.2, 0) is 14.5 Å². The summed E-state index contributed by atoms with van der Waals surface area (Å²) in [4.78, 5) is 74.4. The van der Waals surface area contributed by atoms with E-state index >= 15 is 0 Å². The number of halogens is 11. The fourth-order valence-corrected chi connectivity index (χ4v) is 7.82. The van der Waals surface area contributed by atoms with Gasteiger partial charge in [0.2, 0.25) is 11.8 Å². The number of hydrogen-bond acceptors (Lipinski definition) is 7. The predicted molar refractivity (Wildman–Crippen MR) is 276 cm³/mol. The normalized spacial score (nSPS) is 10.6. The SMILES string of the molecule is CNC(=O)CCCC=C(c1cc(Cl)c(C)c(C(=O)NC)c1)c1cc(Cl)c(C)c(C(=O)NC)c1.Cc1c(Cl)cc(C(=CCCCC(=O)N(C)F)c2cc(Cl)c(C)c(C(=O)N(C)F)c2)cc1C(=O)N(C)F.FOC(F)(F)F. The monoisotopic (exact) mass is 1140 g/mol. The molecule has 0 aliphatic carbocycles. The first kappa shape index (κ1) is 64.9. The molecule has 0 atom stereocenters. The van der Waals surface area contributed by atoms with Gasteiger partial charge in [-0.2, -0.15) is 15.4 Å². The average Bonchev–Trinajstić information content (AvgIpc) is 3.36. The summed E-state index contributed by atoms with van der Waals surface area (Å²) in [6.45, 7) is 6.72. The van der Waals surface area contributed by atoms with E-state index in [1.165, 1.54) is 17.1 Å². The number of amides is 6. The number of alkyl halides is 3. The molecule has 0 fully saturated rings. The summed E-state index contributed by atoms with van der Waals surface area (Å²) in [6.07, 6.45) is 0.694. The van der Waals surface area contributed by atoms with Crippen LogP contribution in [0.25, 0.3) is 11.1 Å². The van der Waals surface area contributed by atoms with Gasteiger partial charge in [0.15, 0.2) is 0 Å². The maximum atomic E-state index is 13.7. The molecule has 0 saturated heterocycles. The third kappa shape index (κ3) is 18.9. The van der Waals surface area contributed by atoms with Crippen molar-refractivity contribution in [3.63, 3.8) is 0 Å². The molecule has 0 radical (unpaired) electrons. The van der Waals surface area contributed by atoms with Crippen LogP contribution in [0.1, 0.15) is 124 Å². The van der Waals surface area contributed by atoms with Crippen molar-refractivity contribution in [1.82, 2.24) is 31.3 Å². The Bertz CT molecular complexity index is 2670. The molecule has 0 saturated carbocycles. The van der Waals surface area contributed by atoms with Crippen molar-refractivity contribution in [1.29, 1.82) is 0 Å². The number of carbonyl (C=O) groups excluding carboxylic acids is 6. The van der Waals surface area contributed by atoms with Crippen LogP contribution in [0.4, 0.5) is 31.1 Å². The van der Waals surface area contributed by atoms with Gasteiger partial charge >= 0.3 is 6.36 Å². The Morgan fingerprint density at radius 3 is 1.08 bits per heavy atom. The zero-order valence-corrected chi connectivity index (χ0v) is 45.4. The molecule has 3 N–H and O–H groups in total. The lowest BCUT2D eigenvalue weighted by Crippen LogP contribution is -2.20. The van der Waals surface area contributed by atoms with Crippen LogP contribution in [0.5, 0.6) is 0 Å². The maximum absolute atomic E-state index is 13.7. The molecule has 0 unspecified atom stereocenters. The van der Waals surface area contributed by atoms with Crippen molar-refractivity contribution in [3.8, 4) is 0 Å². The van der Waals surface area contributed by atoms with E-state index in [-0.39, 0.29) is 67.1 Å². The molecule has 0 spiro atoms. The number of unbranched alkanes of at least 4 members (excludes halogenated alkanes) is 2. The molecule has 4 aromatic rings. The molecule has 24 heteroatoms.